The lowest BCUT2D eigenvalue weighted by molar-refractivity contribution is -0.135. The minimum Gasteiger partial charge on any atom is -0.342 e. The number of carbonyl (C=O) groups excluding carboxylic acids is 2. The highest BCUT2D eigenvalue weighted by Crippen LogP contribution is 2.22. The maximum absolute atomic E-state index is 12.4. The highest BCUT2D eigenvalue weighted by atomic mass is 16.2. The van der Waals surface area contributed by atoms with Crippen LogP contribution in [0, 0.1) is 11.8 Å². The van der Waals surface area contributed by atoms with Crippen molar-refractivity contribution < 1.29 is 9.59 Å². The van der Waals surface area contributed by atoms with Crippen molar-refractivity contribution in [2.75, 3.05) is 32.7 Å². The van der Waals surface area contributed by atoms with E-state index in [1.807, 2.05) is 9.80 Å². The van der Waals surface area contributed by atoms with Crippen LogP contribution in [0.25, 0.3) is 0 Å². The van der Waals surface area contributed by atoms with Gasteiger partial charge in [-0.1, -0.05) is 12.2 Å². The summed E-state index contributed by atoms with van der Waals surface area (Å²) in [6.07, 6.45) is 11.7. The topological polar surface area (TPSA) is 52.7 Å². The van der Waals surface area contributed by atoms with Crippen LogP contribution < -0.4 is 5.32 Å². The number of piperidine rings is 1. The van der Waals surface area contributed by atoms with Crippen molar-refractivity contribution in [2.45, 2.75) is 44.9 Å². The average molecular weight is 319 g/mol. The minimum atomic E-state index is 0.0478. The monoisotopic (exact) mass is 319 g/mol. The first-order valence-corrected chi connectivity index (χ1v) is 9.20. The van der Waals surface area contributed by atoms with Gasteiger partial charge in [0, 0.05) is 38.6 Å². The summed E-state index contributed by atoms with van der Waals surface area (Å²) in [6.45, 7) is 4.04. The summed E-state index contributed by atoms with van der Waals surface area (Å²) in [5, 5.41) is 3.08. The van der Waals surface area contributed by atoms with Gasteiger partial charge in [0.25, 0.3) is 0 Å². The van der Waals surface area contributed by atoms with E-state index in [1.54, 1.807) is 0 Å². The molecule has 2 fully saturated rings. The van der Waals surface area contributed by atoms with Crippen LogP contribution >= 0.6 is 0 Å². The van der Waals surface area contributed by atoms with Crippen LogP contribution in [0.1, 0.15) is 44.9 Å². The number of allylic oxidation sites excluding steroid dienone is 2. The molecule has 1 aliphatic carbocycles. The van der Waals surface area contributed by atoms with Crippen molar-refractivity contribution in [3.8, 4) is 0 Å². The van der Waals surface area contributed by atoms with Crippen LogP contribution in [0.15, 0.2) is 12.2 Å². The molecule has 1 unspecified atom stereocenters. The van der Waals surface area contributed by atoms with Crippen molar-refractivity contribution in [1.29, 1.82) is 0 Å². The number of urea groups is 1. The standard InChI is InChI=1S/C18H29N3O2/c22-17(20-10-4-5-11-20)16-8-12-21(13-9-16)18(23)19-14-15-6-2-1-3-7-15/h1-2,15-16H,3-14H2,(H,19,23). The molecule has 3 rings (SSSR count). The molecule has 2 saturated heterocycles. The van der Waals surface area contributed by atoms with E-state index in [1.165, 1.54) is 6.42 Å². The first-order chi connectivity index (χ1) is 11.2. The molecule has 1 atom stereocenters. The van der Waals surface area contributed by atoms with Crippen molar-refractivity contribution in [3.63, 3.8) is 0 Å². The van der Waals surface area contributed by atoms with Crippen LogP contribution in [0.2, 0.25) is 0 Å². The molecule has 23 heavy (non-hydrogen) atoms. The highest BCUT2D eigenvalue weighted by molar-refractivity contribution is 5.80. The maximum atomic E-state index is 12.4. The number of rotatable bonds is 3. The molecule has 5 nitrogen and oxygen atoms in total. The second kappa shape index (κ2) is 7.84. The zero-order valence-electron chi connectivity index (χ0n) is 14.0. The predicted octanol–water partition coefficient (Wildman–Crippen LogP) is 2.39. The fourth-order valence-electron chi connectivity index (χ4n) is 3.91. The normalized spacial score (nSPS) is 25.7. The Hall–Kier alpha value is -1.52. The Kier molecular flexibility index (Phi) is 5.57. The number of amides is 3. The predicted molar refractivity (Wildman–Crippen MR) is 90.0 cm³/mol. The van der Waals surface area contributed by atoms with Crippen molar-refractivity contribution >= 4 is 11.9 Å². The van der Waals surface area contributed by atoms with E-state index in [-0.39, 0.29) is 11.9 Å². The van der Waals surface area contributed by atoms with E-state index in [0.717, 1.165) is 58.2 Å². The van der Waals surface area contributed by atoms with Gasteiger partial charge in [-0.2, -0.15) is 0 Å². The van der Waals surface area contributed by atoms with Gasteiger partial charge in [0.1, 0.15) is 0 Å². The number of hydrogen-bond acceptors (Lipinski definition) is 2. The van der Waals surface area contributed by atoms with Gasteiger partial charge in [-0.3, -0.25) is 4.79 Å². The zero-order chi connectivity index (χ0) is 16.1. The zero-order valence-corrected chi connectivity index (χ0v) is 14.0. The average Bonchev–Trinajstić information content (AvgIpc) is 3.15. The van der Waals surface area contributed by atoms with Crippen LogP contribution in [0.4, 0.5) is 4.79 Å². The molecule has 2 aliphatic heterocycles. The molecule has 128 valence electrons. The molecule has 3 aliphatic rings. The van der Waals surface area contributed by atoms with E-state index in [2.05, 4.69) is 17.5 Å². The summed E-state index contributed by atoms with van der Waals surface area (Å²) < 4.78 is 0. The van der Waals surface area contributed by atoms with E-state index in [9.17, 15) is 9.59 Å². The van der Waals surface area contributed by atoms with Gasteiger partial charge in [-0.25, -0.2) is 4.79 Å². The Bertz CT molecular complexity index is 449. The molecular weight excluding hydrogens is 290 g/mol. The lowest BCUT2D eigenvalue weighted by Crippen LogP contribution is -2.48. The van der Waals surface area contributed by atoms with Gasteiger partial charge in [0.05, 0.1) is 0 Å². The number of nitrogens with one attached hydrogen (secondary N) is 1. The third-order valence-corrected chi connectivity index (χ3v) is 5.47. The summed E-state index contributed by atoms with van der Waals surface area (Å²) >= 11 is 0. The third-order valence-electron chi connectivity index (χ3n) is 5.47. The molecule has 0 saturated carbocycles. The highest BCUT2D eigenvalue weighted by Gasteiger charge is 2.31. The van der Waals surface area contributed by atoms with Crippen LogP contribution in [0.5, 0.6) is 0 Å². The lowest BCUT2D eigenvalue weighted by atomic mass is 9.94. The molecule has 0 aromatic carbocycles. The molecule has 1 N–H and O–H groups in total. The lowest BCUT2D eigenvalue weighted by Gasteiger charge is -2.33. The molecule has 0 radical (unpaired) electrons. The molecule has 0 aromatic rings. The van der Waals surface area contributed by atoms with E-state index in [0.29, 0.717) is 24.9 Å². The second-order valence-corrected chi connectivity index (χ2v) is 7.13. The van der Waals surface area contributed by atoms with E-state index in [4.69, 9.17) is 0 Å². The Labute approximate surface area is 139 Å². The van der Waals surface area contributed by atoms with Crippen molar-refractivity contribution in [2.24, 2.45) is 11.8 Å². The van der Waals surface area contributed by atoms with E-state index >= 15 is 0 Å². The summed E-state index contributed by atoms with van der Waals surface area (Å²) in [6, 6.07) is 0.0478. The van der Waals surface area contributed by atoms with Crippen LogP contribution in [-0.4, -0.2) is 54.5 Å². The van der Waals surface area contributed by atoms with Gasteiger partial charge in [-0.05, 0) is 50.9 Å². The summed E-state index contributed by atoms with van der Waals surface area (Å²) in [5.74, 6) is 1.02. The molecule has 2 heterocycles. The molecule has 0 bridgehead atoms. The number of hydrogen-bond donors (Lipinski definition) is 1. The Morgan fingerprint density at radius 1 is 0.957 bits per heavy atom. The molecular formula is C18H29N3O2. The Morgan fingerprint density at radius 2 is 1.70 bits per heavy atom. The van der Waals surface area contributed by atoms with Gasteiger partial charge < -0.3 is 15.1 Å². The summed E-state index contributed by atoms with van der Waals surface area (Å²) in [4.78, 5) is 28.6. The van der Waals surface area contributed by atoms with Crippen LogP contribution in [0.3, 0.4) is 0 Å². The number of likely N-dealkylation sites (tertiary alicyclic amines) is 2. The summed E-state index contributed by atoms with van der Waals surface area (Å²) in [5.41, 5.74) is 0. The van der Waals surface area contributed by atoms with Gasteiger partial charge in [0.15, 0.2) is 0 Å². The first-order valence-electron chi connectivity index (χ1n) is 9.20. The van der Waals surface area contributed by atoms with Gasteiger partial charge >= 0.3 is 6.03 Å². The largest absolute Gasteiger partial charge is 0.342 e. The van der Waals surface area contributed by atoms with Crippen molar-refractivity contribution in [1.82, 2.24) is 15.1 Å². The SMILES string of the molecule is O=C(NCC1CC=CCC1)N1CCC(C(=O)N2CCCC2)CC1. The number of nitrogens with zero attached hydrogens (tertiary/aromatic N) is 2. The summed E-state index contributed by atoms with van der Waals surface area (Å²) in [7, 11) is 0. The number of carbonyl (C=O) groups is 2. The van der Waals surface area contributed by atoms with Crippen LogP contribution in [-0.2, 0) is 4.79 Å². The molecule has 0 aromatic heterocycles. The first kappa shape index (κ1) is 16.3. The Morgan fingerprint density at radius 3 is 2.35 bits per heavy atom. The second-order valence-electron chi connectivity index (χ2n) is 7.13. The van der Waals surface area contributed by atoms with E-state index < -0.39 is 0 Å². The molecule has 5 heteroatoms. The maximum Gasteiger partial charge on any atom is 0.317 e. The van der Waals surface area contributed by atoms with Gasteiger partial charge in [0.2, 0.25) is 5.91 Å². The third kappa shape index (κ3) is 4.27. The smallest absolute Gasteiger partial charge is 0.317 e. The van der Waals surface area contributed by atoms with Crippen molar-refractivity contribution in [3.05, 3.63) is 12.2 Å². The molecule has 3 amide bonds. The Balaban J connectivity index is 1.38. The van der Waals surface area contributed by atoms with Gasteiger partial charge in [-0.15, -0.1) is 0 Å². The molecule has 0 spiro atoms. The minimum absolute atomic E-state index is 0.0478. The quantitative estimate of drug-likeness (QED) is 0.812. The fourth-order valence-corrected chi connectivity index (χ4v) is 3.91. The fraction of sp³-hybridized carbons (Fsp3) is 0.778.